The van der Waals surface area contributed by atoms with Crippen molar-refractivity contribution in [2.24, 2.45) is 17.6 Å². The summed E-state index contributed by atoms with van der Waals surface area (Å²) in [4.78, 5) is 41.2. The summed E-state index contributed by atoms with van der Waals surface area (Å²) < 4.78 is 0. The molecule has 1 aromatic heterocycles. The van der Waals surface area contributed by atoms with Gasteiger partial charge in [0.05, 0.1) is 29.2 Å². The number of carbonyl (C=O) groups excluding carboxylic acids is 2. The lowest BCUT2D eigenvalue weighted by Crippen LogP contribution is -2.48. The van der Waals surface area contributed by atoms with Gasteiger partial charge < -0.3 is 21.5 Å². The van der Waals surface area contributed by atoms with E-state index in [0.717, 1.165) is 5.56 Å². The molecule has 3 atom stereocenters. The molecule has 1 aliphatic rings. The number of nitrogens with two attached hydrogens (primary N) is 2. The predicted molar refractivity (Wildman–Crippen MR) is 107 cm³/mol. The molecule has 0 aliphatic carbocycles. The lowest BCUT2D eigenvalue weighted by molar-refractivity contribution is -0.159. The van der Waals surface area contributed by atoms with Crippen LogP contribution in [0, 0.1) is 11.8 Å². The third-order valence-electron chi connectivity index (χ3n) is 5.53. The number of nitrogen functional groups attached to an aromatic ring is 1. The Balaban J connectivity index is 1.91. The van der Waals surface area contributed by atoms with Gasteiger partial charge in [0.2, 0.25) is 0 Å². The molecule has 1 aromatic carbocycles. The number of hydrogen-bond acceptors (Lipinski definition) is 5. The first-order valence-corrected chi connectivity index (χ1v) is 9.41. The molecule has 2 aromatic rings. The summed E-state index contributed by atoms with van der Waals surface area (Å²) in [6, 6.07) is 10.5. The van der Waals surface area contributed by atoms with E-state index in [1.54, 1.807) is 0 Å². The summed E-state index contributed by atoms with van der Waals surface area (Å²) in [6.07, 6.45) is 2.52. The number of primary amides is 1. The summed E-state index contributed by atoms with van der Waals surface area (Å²) in [5.41, 5.74) is 13.3. The first-order valence-electron chi connectivity index (χ1n) is 9.41. The second kappa shape index (κ2) is 8.30. The number of aliphatic carboxylic acids is 1. The van der Waals surface area contributed by atoms with Crippen molar-refractivity contribution >= 4 is 23.5 Å². The fourth-order valence-corrected chi connectivity index (χ4v) is 3.99. The molecule has 0 bridgehead atoms. The highest BCUT2D eigenvalue weighted by molar-refractivity contribution is 6.31. The van der Waals surface area contributed by atoms with Crippen molar-refractivity contribution in [2.45, 2.75) is 25.8 Å². The van der Waals surface area contributed by atoms with Crippen LogP contribution in [0.1, 0.15) is 41.0 Å². The maximum atomic E-state index is 12.3. The number of pyridine rings is 1. The largest absolute Gasteiger partial charge is 0.474 e. The van der Waals surface area contributed by atoms with E-state index in [9.17, 15) is 19.5 Å². The van der Waals surface area contributed by atoms with E-state index in [2.05, 4.69) is 4.98 Å². The van der Waals surface area contributed by atoms with E-state index in [-0.39, 0.29) is 23.4 Å². The highest BCUT2D eigenvalue weighted by Crippen LogP contribution is 2.39. The molecule has 5 N–H and O–H groups in total. The van der Waals surface area contributed by atoms with Crippen molar-refractivity contribution in [1.29, 1.82) is 0 Å². The van der Waals surface area contributed by atoms with E-state index >= 15 is 0 Å². The van der Waals surface area contributed by atoms with Crippen LogP contribution in [0.25, 0.3) is 0 Å². The minimum atomic E-state index is -1.47. The van der Waals surface area contributed by atoms with Crippen molar-refractivity contribution in [3.63, 3.8) is 0 Å². The van der Waals surface area contributed by atoms with Gasteiger partial charge in [-0.1, -0.05) is 37.3 Å². The minimum Gasteiger partial charge on any atom is -0.474 e. The Hall–Kier alpha value is -3.42. The van der Waals surface area contributed by atoms with Gasteiger partial charge in [0, 0.05) is 6.54 Å². The molecular formula is C21H24N4O4. The highest BCUT2D eigenvalue weighted by Gasteiger charge is 2.39. The molecule has 3 rings (SSSR count). The molecule has 8 nitrogen and oxygen atoms in total. The molecule has 1 saturated heterocycles. The zero-order valence-corrected chi connectivity index (χ0v) is 16.1. The van der Waals surface area contributed by atoms with E-state index in [1.807, 2.05) is 37.3 Å². The van der Waals surface area contributed by atoms with Crippen molar-refractivity contribution < 1.29 is 19.5 Å². The van der Waals surface area contributed by atoms with Gasteiger partial charge in [0.15, 0.2) is 0 Å². The van der Waals surface area contributed by atoms with Gasteiger partial charge in [-0.25, -0.2) is 4.79 Å². The third kappa shape index (κ3) is 4.37. The lowest BCUT2D eigenvalue weighted by atomic mass is 9.77. The van der Waals surface area contributed by atoms with E-state index < -0.39 is 17.8 Å². The zero-order chi connectivity index (χ0) is 21.1. The molecule has 1 aliphatic heterocycles. The number of benzene rings is 1. The number of anilines is 1. The maximum absolute atomic E-state index is 12.3. The van der Waals surface area contributed by atoms with Gasteiger partial charge in [-0.3, -0.25) is 14.6 Å². The van der Waals surface area contributed by atoms with Gasteiger partial charge in [-0.15, -0.1) is 0 Å². The van der Waals surface area contributed by atoms with E-state index in [1.165, 1.54) is 17.2 Å². The number of carboxylic acid groups (broad SMARTS) is 1. The average Bonchev–Trinajstić information content (AvgIpc) is 2.70. The SMILES string of the molecule is CC1CN(C(=O)C(=O)O)C(c2ccccc2)CC1Cc1ncc(N)cc1C(N)=O. The van der Waals surface area contributed by atoms with Crippen molar-refractivity contribution in [1.82, 2.24) is 9.88 Å². The summed E-state index contributed by atoms with van der Waals surface area (Å²) in [6.45, 7) is 2.27. The van der Waals surface area contributed by atoms with Gasteiger partial charge in [-0.2, -0.15) is 0 Å². The van der Waals surface area contributed by atoms with Crippen LogP contribution < -0.4 is 11.5 Å². The molecule has 1 fully saturated rings. The first-order chi connectivity index (χ1) is 13.8. The second-order valence-electron chi connectivity index (χ2n) is 7.49. The molecule has 2 amide bonds. The fourth-order valence-electron chi connectivity index (χ4n) is 3.99. The third-order valence-corrected chi connectivity index (χ3v) is 5.53. The molecule has 152 valence electrons. The highest BCUT2D eigenvalue weighted by atomic mass is 16.4. The molecule has 2 heterocycles. The van der Waals surface area contributed by atoms with Crippen LogP contribution in [-0.2, 0) is 16.0 Å². The Morgan fingerprint density at radius 2 is 1.93 bits per heavy atom. The topological polar surface area (TPSA) is 140 Å². The number of nitrogens with zero attached hydrogens (tertiary/aromatic N) is 2. The average molecular weight is 396 g/mol. The summed E-state index contributed by atoms with van der Waals surface area (Å²) >= 11 is 0. The lowest BCUT2D eigenvalue weighted by Gasteiger charge is -2.42. The Morgan fingerprint density at radius 1 is 1.24 bits per heavy atom. The molecule has 29 heavy (non-hydrogen) atoms. The number of hydrogen-bond donors (Lipinski definition) is 3. The van der Waals surface area contributed by atoms with Gasteiger partial charge >= 0.3 is 11.9 Å². The van der Waals surface area contributed by atoms with Gasteiger partial charge in [-0.05, 0) is 36.3 Å². The van der Waals surface area contributed by atoms with Crippen LogP contribution in [0.4, 0.5) is 5.69 Å². The van der Waals surface area contributed by atoms with E-state index in [4.69, 9.17) is 11.5 Å². The van der Waals surface area contributed by atoms with Crippen LogP contribution in [0.2, 0.25) is 0 Å². The van der Waals surface area contributed by atoms with Crippen molar-refractivity contribution in [2.75, 3.05) is 12.3 Å². The Morgan fingerprint density at radius 3 is 2.55 bits per heavy atom. The molecule has 0 radical (unpaired) electrons. The number of likely N-dealkylation sites (tertiary alicyclic amines) is 1. The molecule has 0 saturated carbocycles. The van der Waals surface area contributed by atoms with E-state index in [0.29, 0.717) is 30.8 Å². The zero-order valence-electron chi connectivity index (χ0n) is 16.1. The van der Waals surface area contributed by atoms with Gasteiger partial charge in [0.25, 0.3) is 5.91 Å². The van der Waals surface area contributed by atoms with Crippen molar-refractivity contribution in [3.8, 4) is 0 Å². The standard InChI is InChI=1S/C21H24N4O4/c1-12-11-25(20(27)21(28)29)18(13-5-3-2-4-6-13)8-14(12)7-17-16(19(23)26)9-15(22)10-24-17/h2-6,9-10,12,14,18H,7-8,11,22H2,1H3,(H2,23,26)(H,28,29). The Bertz CT molecular complexity index is 932. The number of aromatic nitrogens is 1. The van der Waals surface area contributed by atoms with Crippen molar-refractivity contribution in [3.05, 3.63) is 59.4 Å². The number of carbonyl (C=O) groups is 3. The molecule has 0 spiro atoms. The maximum Gasteiger partial charge on any atom is 0.394 e. The number of piperidine rings is 1. The second-order valence-corrected chi connectivity index (χ2v) is 7.49. The summed E-state index contributed by atoms with van der Waals surface area (Å²) in [7, 11) is 0. The number of amides is 2. The normalized spacial score (nSPS) is 21.6. The summed E-state index contributed by atoms with van der Waals surface area (Å²) in [5, 5.41) is 9.25. The van der Waals surface area contributed by atoms with Crippen LogP contribution in [0.15, 0.2) is 42.6 Å². The van der Waals surface area contributed by atoms with Crippen LogP contribution in [0.3, 0.4) is 0 Å². The fraction of sp³-hybridized carbons (Fsp3) is 0.333. The number of carboxylic acids is 1. The van der Waals surface area contributed by atoms with Crippen LogP contribution in [-0.4, -0.2) is 39.3 Å². The van der Waals surface area contributed by atoms with Gasteiger partial charge in [0.1, 0.15) is 0 Å². The Kier molecular flexibility index (Phi) is 5.81. The minimum absolute atomic E-state index is 0.0124. The molecule has 3 unspecified atom stereocenters. The summed E-state index contributed by atoms with van der Waals surface area (Å²) in [5.74, 6) is -2.88. The molecular weight excluding hydrogens is 372 g/mol. The first kappa shape index (κ1) is 20.3. The smallest absolute Gasteiger partial charge is 0.394 e. The number of rotatable bonds is 4. The van der Waals surface area contributed by atoms with Crippen LogP contribution >= 0.6 is 0 Å². The van der Waals surface area contributed by atoms with Crippen LogP contribution in [0.5, 0.6) is 0 Å². The monoisotopic (exact) mass is 396 g/mol. The quantitative estimate of drug-likeness (QED) is 0.671. The predicted octanol–water partition coefficient (Wildman–Crippen LogP) is 1.62. The molecule has 8 heteroatoms. The Labute approximate surface area is 168 Å².